The number of carbonyl (C=O) groups excluding carboxylic acids is 1. The molecule has 19 heavy (non-hydrogen) atoms. The second kappa shape index (κ2) is 5.43. The summed E-state index contributed by atoms with van der Waals surface area (Å²) in [6.45, 7) is 1.76. The topological polar surface area (TPSA) is 49.0 Å². The van der Waals surface area contributed by atoms with Crippen molar-refractivity contribution in [1.29, 1.82) is 0 Å². The van der Waals surface area contributed by atoms with Gasteiger partial charge in [0, 0.05) is 18.5 Å². The van der Waals surface area contributed by atoms with Gasteiger partial charge in [-0.1, -0.05) is 25.3 Å². The highest BCUT2D eigenvalue weighted by Gasteiger charge is 2.18. The van der Waals surface area contributed by atoms with Crippen LogP contribution < -0.4 is 0 Å². The fraction of sp³-hybridized carbons (Fsp3) is 0.467. The van der Waals surface area contributed by atoms with E-state index in [1.54, 1.807) is 6.20 Å². The Morgan fingerprint density at radius 1 is 1.11 bits per heavy atom. The van der Waals surface area contributed by atoms with Crippen LogP contribution in [0, 0.1) is 0 Å². The molecule has 0 aliphatic carbocycles. The Balaban J connectivity index is 1.87. The lowest BCUT2D eigenvalue weighted by molar-refractivity contribution is 0.0744. The van der Waals surface area contributed by atoms with Gasteiger partial charge in [-0.15, -0.1) is 0 Å². The minimum absolute atomic E-state index is 0.147. The number of aromatic amines is 1. The van der Waals surface area contributed by atoms with Crippen molar-refractivity contribution in [1.82, 2.24) is 15.1 Å². The molecule has 1 aromatic carbocycles. The predicted molar refractivity (Wildman–Crippen MR) is 75.1 cm³/mol. The maximum atomic E-state index is 12.7. The zero-order valence-corrected chi connectivity index (χ0v) is 11.1. The third-order valence-electron chi connectivity index (χ3n) is 3.86. The summed E-state index contributed by atoms with van der Waals surface area (Å²) in [5, 5.41) is 7.87. The van der Waals surface area contributed by atoms with Crippen LogP contribution >= 0.6 is 0 Å². The zero-order valence-electron chi connectivity index (χ0n) is 11.1. The summed E-state index contributed by atoms with van der Waals surface area (Å²) in [6.07, 6.45) is 7.76. The van der Waals surface area contributed by atoms with Gasteiger partial charge in [-0.2, -0.15) is 5.10 Å². The SMILES string of the molecule is O=C(c1cccc2[nH]ncc12)N1CCCCCCC1. The lowest BCUT2D eigenvalue weighted by Crippen LogP contribution is -2.33. The van der Waals surface area contributed by atoms with Crippen LogP contribution in [0.5, 0.6) is 0 Å². The molecule has 1 amide bonds. The number of hydrogen-bond acceptors (Lipinski definition) is 2. The summed E-state index contributed by atoms with van der Waals surface area (Å²) in [4.78, 5) is 14.7. The number of fused-ring (bicyclic) bond motifs is 1. The minimum Gasteiger partial charge on any atom is -0.339 e. The largest absolute Gasteiger partial charge is 0.339 e. The molecule has 0 unspecified atom stereocenters. The number of likely N-dealkylation sites (tertiary alicyclic amines) is 1. The molecule has 0 atom stereocenters. The summed E-state index contributed by atoms with van der Waals surface area (Å²) < 4.78 is 0. The lowest BCUT2D eigenvalue weighted by atomic mass is 10.1. The Bertz CT molecular complexity index is 568. The Labute approximate surface area is 112 Å². The van der Waals surface area contributed by atoms with Gasteiger partial charge >= 0.3 is 0 Å². The molecule has 2 heterocycles. The highest BCUT2D eigenvalue weighted by molar-refractivity contribution is 6.06. The lowest BCUT2D eigenvalue weighted by Gasteiger charge is -2.25. The highest BCUT2D eigenvalue weighted by Crippen LogP contribution is 2.19. The molecule has 2 aromatic rings. The third kappa shape index (κ3) is 2.48. The van der Waals surface area contributed by atoms with E-state index in [1.165, 1.54) is 19.3 Å². The van der Waals surface area contributed by atoms with Gasteiger partial charge in [-0.3, -0.25) is 9.89 Å². The molecule has 1 aliphatic heterocycles. The number of nitrogens with zero attached hydrogens (tertiary/aromatic N) is 2. The van der Waals surface area contributed by atoms with E-state index in [0.29, 0.717) is 0 Å². The van der Waals surface area contributed by atoms with Crippen LogP contribution in [0.15, 0.2) is 24.4 Å². The number of hydrogen-bond donors (Lipinski definition) is 1. The third-order valence-corrected chi connectivity index (χ3v) is 3.86. The molecule has 0 spiro atoms. The molecule has 0 radical (unpaired) electrons. The highest BCUT2D eigenvalue weighted by atomic mass is 16.2. The van der Waals surface area contributed by atoms with E-state index in [0.717, 1.165) is 42.4 Å². The first-order chi connectivity index (χ1) is 9.36. The number of benzene rings is 1. The van der Waals surface area contributed by atoms with E-state index in [9.17, 15) is 4.79 Å². The molecule has 1 aliphatic rings. The molecule has 0 saturated carbocycles. The van der Waals surface area contributed by atoms with Gasteiger partial charge in [0.25, 0.3) is 5.91 Å². The second-order valence-electron chi connectivity index (χ2n) is 5.20. The quantitative estimate of drug-likeness (QED) is 0.853. The summed E-state index contributed by atoms with van der Waals surface area (Å²) in [5.41, 5.74) is 1.70. The van der Waals surface area contributed by atoms with Crippen molar-refractivity contribution in [2.75, 3.05) is 13.1 Å². The number of aromatic nitrogens is 2. The monoisotopic (exact) mass is 257 g/mol. The second-order valence-corrected chi connectivity index (χ2v) is 5.20. The maximum Gasteiger partial charge on any atom is 0.254 e. The normalized spacial score (nSPS) is 17.2. The molecular formula is C15H19N3O. The summed E-state index contributed by atoms with van der Waals surface area (Å²) in [6, 6.07) is 5.77. The van der Waals surface area contributed by atoms with Crippen molar-refractivity contribution in [2.24, 2.45) is 0 Å². The molecule has 0 bridgehead atoms. The van der Waals surface area contributed by atoms with Gasteiger partial charge in [0.2, 0.25) is 0 Å². The first kappa shape index (κ1) is 12.2. The maximum absolute atomic E-state index is 12.7. The van der Waals surface area contributed by atoms with Crippen LogP contribution in [0.4, 0.5) is 0 Å². The van der Waals surface area contributed by atoms with Crippen molar-refractivity contribution >= 4 is 16.8 Å². The Morgan fingerprint density at radius 3 is 2.63 bits per heavy atom. The van der Waals surface area contributed by atoms with Crippen LogP contribution in [0.1, 0.15) is 42.5 Å². The van der Waals surface area contributed by atoms with Crippen molar-refractivity contribution in [3.05, 3.63) is 30.0 Å². The van der Waals surface area contributed by atoms with Crippen LogP contribution in [0.3, 0.4) is 0 Å². The number of amides is 1. The molecule has 100 valence electrons. The van der Waals surface area contributed by atoms with Crippen molar-refractivity contribution in [3.63, 3.8) is 0 Å². The van der Waals surface area contributed by atoms with E-state index in [2.05, 4.69) is 10.2 Å². The summed E-state index contributed by atoms with van der Waals surface area (Å²) >= 11 is 0. The van der Waals surface area contributed by atoms with Crippen LogP contribution in [-0.4, -0.2) is 34.1 Å². The summed E-state index contributed by atoms with van der Waals surface area (Å²) in [7, 11) is 0. The molecule has 1 aromatic heterocycles. The molecular weight excluding hydrogens is 238 g/mol. The average Bonchev–Trinajstić information content (AvgIpc) is 2.85. The number of nitrogens with one attached hydrogen (secondary N) is 1. The van der Waals surface area contributed by atoms with Gasteiger partial charge in [0.15, 0.2) is 0 Å². The molecule has 1 fully saturated rings. The fourth-order valence-corrected chi connectivity index (χ4v) is 2.78. The molecule has 4 heteroatoms. The molecule has 4 nitrogen and oxygen atoms in total. The Hall–Kier alpha value is -1.84. The van der Waals surface area contributed by atoms with E-state index in [1.807, 2.05) is 23.1 Å². The van der Waals surface area contributed by atoms with Crippen molar-refractivity contribution in [2.45, 2.75) is 32.1 Å². The van der Waals surface area contributed by atoms with Gasteiger partial charge in [0.05, 0.1) is 17.3 Å². The van der Waals surface area contributed by atoms with Crippen LogP contribution in [-0.2, 0) is 0 Å². The number of H-pyrrole nitrogens is 1. The summed E-state index contributed by atoms with van der Waals surface area (Å²) in [5.74, 6) is 0.147. The van der Waals surface area contributed by atoms with E-state index >= 15 is 0 Å². The van der Waals surface area contributed by atoms with Crippen molar-refractivity contribution < 1.29 is 4.79 Å². The molecule has 3 rings (SSSR count). The van der Waals surface area contributed by atoms with Crippen LogP contribution in [0.25, 0.3) is 10.9 Å². The Kier molecular flexibility index (Phi) is 3.49. The number of rotatable bonds is 1. The minimum atomic E-state index is 0.147. The molecule has 1 N–H and O–H groups in total. The number of carbonyl (C=O) groups is 1. The average molecular weight is 257 g/mol. The van der Waals surface area contributed by atoms with Gasteiger partial charge < -0.3 is 4.90 Å². The first-order valence-corrected chi connectivity index (χ1v) is 7.07. The Morgan fingerprint density at radius 2 is 1.84 bits per heavy atom. The van der Waals surface area contributed by atoms with Gasteiger partial charge in [-0.25, -0.2) is 0 Å². The van der Waals surface area contributed by atoms with Gasteiger partial charge in [-0.05, 0) is 25.0 Å². The zero-order chi connectivity index (χ0) is 13.1. The standard InChI is InChI=1S/C15H19N3O/c19-15(18-9-4-2-1-3-5-10-18)12-7-6-8-14-13(12)11-16-17-14/h6-8,11H,1-5,9-10H2,(H,16,17). The predicted octanol–water partition coefficient (Wildman–Crippen LogP) is 2.97. The van der Waals surface area contributed by atoms with Crippen molar-refractivity contribution in [3.8, 4) is 0 Å². The molecule has 1 saturated heterocycles. The fourth-order valence-electron chi connectivity index (χ4n) is 2.78. The van der Waals surface area contributed by atoms with Gasteiger partial charge in [0.1, 0.15) is 0 Å². The van der Waals surface area contributed by atoms with E-state index < -0.39 is 0 Å². The first-order valence-electron chi connectivity index (χ1n) is 7.07. The van der Waals surface area contributed by atoms with Crippen LogP contribution in [0.2, 0.25) is 0 Å². The van der Waals surface area contributed by atoms with E-state index in [-0.39, 0.29) is 5.91 Å². The van der Waals surface area contributed by atoms with E-state index in [4.69, 9.17) is 0 Å². The smallest absolute Gasteiger partial charge is 0.254 e.